The Bertz CT molecular complexity index is 2400. The van der Waals surface area contributed by atoms with E-state index in [1.165, 1.54) is 75.3 Å². The fourth-order valence-electron chi connectivity index (χ4n) is 15.1. The van der Waals surface area contributed by atoms with Crippen molar-refractivity contribution in [3.63, 3.8) is 0 Å². The number of anilines is 2. The van der Waals surface area contributed by atoms with E-state index in [1.54, 1.807) is 9.80 Å². The summed E-state index contributed by atoms with van der Waals surface area (Å²) >= 11 is 0. The highest BCUT2D eigenvalue weighted by molar-refractivity contribution is 5.95. The summed E-state index contributed by atoms with van der Waals surface area (Å²) in [7, 11) is 0. The lowest BCUT2D eigenvalue weighted by Gasteiger charge is -2.63. The van der Waals surface area contributed by atoms with E-state index in [9.17, 15) is 19.2 Å². The summed E-state index contributed by atoms with van der Waals surface area (Å²) in [5.41, 5.74) is 6.93. The molecule has 0 N–H and O–H groups in total. The number of ether oxygens (including phenoxy) is 4. The maximum atomic E-state index is 11.9. The fraction of sp³-hybridized carbons (Fsp3) is 0.541. The van der Waals surface area contributed by atoms with Crippen molar-refractivity contribution in [3.8, 4) is 11.5 Å². The van der Waals surface area contributed by atoms with E-state index in [2.05, 4.69) is 83.1 Å². The molecule has 4 aromatic carbocycles. The zero-order valence-electron chi connectivity index (χ0n) is 42.7. The Hall–Kier alpha value is -5.64. The molecular weight excluding hydrogens is 889 g/mol. The summed E-state index contributed by atoms with van der Waals surface area (Å²) in [6, 6.07) is 33.4. The second kappa shape index (κ2) is 20.1. The van der Waals surface area contributed by atoms with E-state index < -0.39 is 23.9 Å². The Morgan fingerprint density at radius 3 is 1.54 bits per heavy atom. The van der Waals surface area contributed by atoms with Gasteiger partial charge in [-0.3, -0.25) is 0 Å². The summed E-state index contributed by atoms with van der Waals surface area (Å²) in [6.45, 7) is 13.8. The SMILES string of the molecule is CC(C)CCCC(C)C1CCC2C3CCC4CC(c5ccc(OCc6ccc(N7CC(=O)OC(=O)C7)cc6)cc5)(c5ccc(OCc6ccc(N7CC(=O)OC(=O)C7)cc6)cc5)CCC4(C)C3CCC12C. The third-order valence-corrected chi connectivity index (χ3v) is 18.9. The lowest BCUT2D eigenvalue weighted by molar-refractivity contribution is -0.161. The fourth-order valence-corrected chi connectivity index (χ4v) is 15.1. The van der Waals surface area contributed by atoms with Gasteiger partial charge in [-0.25, -0.2) is 19.2 Å². The highest BCUT2D eigenvalue weighted by atomic mass is 16.6. The zero-order chi connectivity index (χ0) is 49.5. The minimum atomic E-state index is -0.534. The molecule has 6 fully saturated rings. The van der Waals surface area contributed by atoms with Gasteiger partial charge < -0.3 is 28.7 Å². The summed E-state index contributed by atoms with van der Waals surface area (Å²) < 4.78 is 22.2. The zero-order valence-corrected chi connectivity index (χ0v) is 42.7. The predicted molar refractivity (Wildman–Crippen MR) is 275 cm³/mol. The van der Waals surface area contributed by atoms with Crippen molar-refractivity contribution in [1.29, 1.82) is 0 Å². The van der Waals surface area contributed by atoms with E-state index >= 15 is 0 Å². The molecule has 0 bridgehead atoms. The van der Waals surface area contributed by atoms with E-state index in [0.717, 1.165) is 82.3 Å². The van der Waals surface area contributed by atoms with E-state index in [1.807, 2.05) is 48.5 Å². The largest absolute Gasteiger partial charge is 0.489 e. The number of carbonyl (C=O) groups is 4. The molecule has 0 aromatic heterocycles. The van der Waals surface area contributed by atoms with Gasteiger partial charge >= 0.3 is 23.9 Å². The molecular formula is C61H74N2O8. The van der Waals surface area contributed by atoms with Crippen LogP contribution in [0.4, 0.5) is 11.4 Å². The molecule has 2 saturated heterocycles. The highest BCUT2D eigenvalue weighted by Gasteiger charge is 2.62. The number of rotatable bonds is 15. The first-order valence-corrected chi connectivity index (χ1v) is 26.8. The highest BCUT2D eigenvalue weighted by Crippen LogP contribution is 2.70. The molecule has 2 aliphatic heterocycles. The normalized spacial score (nSPS) is 28.6. The van der Waals surface area contributed by atoms with Crippen molar-refractivity contribution >= 4 is 35.3 Å². The van der Waals surface area contributed by atoms with Crippen molar-refractivity contribution in [1.82, 2.24) is 0 Å². The first-order chi connectivity index (χ1) is 34.2. The van der Waals surface area contributed by atoms with Gasteiger partial charge in [0, 0.05) is 16.8 Å². The molecule has 6 aliphatic rings. The minimum absolute atomic E-state index is 0.0522. The third kappa shape index (κ3) is 9.98. The van der Waals surface area contributed by atoms with Crippen LogP contribution in [0.15, 0.2) is 97.1 Å². The Balaban J connectivity index is 0.852. The van der Waals surface area contributed by atoms with E-state index in [-0.39, 0.29) is 31.6 Å². The number of hydrogen-bond donors (Lipinski definition) is 0. The minimum Gasteiger partial charge on any atom is -0.489 e. The number of morpholine rings is 2. The van der Waals surface area contributed by atoms with Crippen molar-refractivity contribution in [3.05, 3.63) is 119 Å². The topological polar surface area (TPSA) is 112 Å². The van der Waals surface area contributed by atoms with Gasteiger partial charge in [0.2, 0.25) is 0 Å². The maximum Gasteiger partial charge on any atom is 0.333 e. The molecule has 10 nitrogen and oxygen atoms in total. The molecule has 8 unspecified atom stereocenters. The lowest BCUT2D eigenvalue weighted by atomic mass is 9.42. The molecule has 2 heterocycles. The number of hydrogen-bond acceptors (Lipinski definition) is 10. The number of benzene rings is 4. The molecule has 0 radical (unpaired) electrons. The van der Waals surface area contributed by atoms with Crippen molar-refractivity contribution < 1.29 is 38.1 Å². The third-order valence-electron chi connectivity index (χ3n) is 18.9. The van der Waals surface area contributed by atoms with E-state index in [4.69, 9.17) is 18.9 Å². The lowest BCUT2D eigenvalue weighted by Crippen LogP contribution is -2.55. The van der Waals surface area contributed by atoms with Gasteiger partial charge in [-0.2, -0.15) is 0 Å². The second-order valence-electron chi connectivity index (χ2n) is 23.3. The van der Waals surface area contributed by atoms with Gasteiger partial charge in [0.25, 0.3) is 0 Å². The average Bonchev–Trinajstić information content (AvgIpc) is 3.72. The number of cyclic esters (lactones) is 4. The van der Waals surface area contributed by atoms with Crippen LogP contribution in [-0.2, 0) is 47.3 Å². The van der Waals surface area contributed by atoms with Crippen LogP contribution in [0, 0.1) is 52.3 Å². The van der Waals surface area contributed by atoms with Crippen LogP contribution in [0.2, 0.25) is 0 Å². The predicted octanol–water partition coefficient (Wildman–Crippen LogP) is 12.0. The Labute approximate surface area is 421 Å². The van der Waals surface area contributed by atoms with Crippen molar-refractivity contribution in [2.45, 2.75) is 130 Å². The van der Waals surface area contributed by atoms with Crippen LogP contribution in [0.25, 0.3) is 0 Å². The molecule has 0 amide bonds. The number of esters is 4. The Morgan fingerprint density at radius 1 is 0.549 bits per heavy atom. The monoisotopic (exact) mass is 963 g/mol. The van der Waals surface area contributed by atoms with Gasteiger partial charge in [0.1, 0.15) is 50.9 Å². The first-order valence-electron chi connectivity index (χ1n) is 26.8. The number of nitrogens with zero attached hydrogens (tertiary/aromatic N) is 2. The molecule has 10 heteroatoms. The van der Waals surface area contributed by atoms with Gasteiger partial charge in [-0.1, -0.05) is 102 Å². The van der Waals surface area contributed by atoms with E-state index in [0.29, 0.717) is 30.0 Å². The molecule has 4 saturated carbocycles. The summed E-state index contributed by atoms with van der Waals surface area (Å²) in [5.74, 6) is 5.11. The standard InChI is InChI=1S/C61H74N2O8/c1-40(2)7-6-8-41(3)52-27-28-53-51-26-17-46-33-61(32-31-59(46,4)54(51)29-30-60(52,53)5,44-13-22-49(23-14-44)68-38-42-9-18-47(19-10-42)62-34-55(64)70-56(65)35-62)45-15-24-50(25-16-45)69-39-43-11-20-48(21-12-43)63-36-57(66)71-58(67)37-63/h9-16,18-25,40-41,46,51-54H,6-8,17,26-39H2,1-5H3. The van der Waals surface area contributed by atoms with Gasteiger partial charge in [-0.15, -0.1) is 0 Å². The smallest absolute Gasteiger partial charge is 0.333 e. The summed E-state index contributed by atoms with van der Waals surface area (Å²) in [6.07, 6.45) is 15.9. The molecule has 10 rings (SSSR count). The van der Waals surface area contributed by atoms with Crippen molar-refractivity contribution in [2.24, 2.45) is 52.3 Å². The number of carbonyl (C=O) groups excluding carboxylic acids is 4. The molecule has 0 spiro atoms. The molecule has 4 aliphatic carbocycles. The van der Waals surface area contributed by atoms with Crippen LogP contribution in [0.3, 0.4) is 0 Å². The summed E-state index contributed by atoms with van der Waals surface area (Å²) in [4.78, 5) is 50.9. The molecule has 376 valence electrons. The Kier molecular flexibility index (Phi) is 13.9. The first kappa shape index (κ1) is 49.0. The van der Waals surface area contributed by atoms with Gasteiger partial charge in [0.05, 0.1) is 0 Å². The number of fused-ring (bicyclic) bond motifs is 5. The quantitative estimate of drug-likeness (QED) is 0.0843. The second-order valence-corrected chi connectivity index (χ2v) is 23.3. The summed E-state index contributed by atoms with van der Waals surface area (Å²) in [5, 5.41) is 0. The maximum absolute atomic E-state index is 11.9. The van der Waals surface area contributed by atoms with Crippen LogP contribution in [0.5, 0.6) is 11.5 Å². The van der Waals surface area contributed by atoms with Crippen molar-refractivity contribution in [2.75, 3.05) is 36.0 Å². The van der Waals surface area contributed by atoms with Crippen LogP contribution in [-0.4, -0.2) is 50.1 Å². The molecule has 71 heavy (non-hydrogen) atoms. The van der Waals surface area contributed by atoms with Crippen LogP contribution < -0.4 is 19.3 Å². The van der Waals surface area contributed by atoms with Crippen LogP contribution >= 0.6 is 0 Å². The molecule has 8 atom stereocenters. The Morgan fingerprint density at radius 2 is 1.04 bits per heavy atom. The van der Waals surface area contributed by atoms with Gasteiger partial charge in [-0.05, 0) is 181 Å². The van der Waals surface area contributed by atoms with Crippen LogP contribution in [0.1, 0.15) is 134 Å². The molecule has 4 aromatic rings. The average molecular weight is 963 g/mol. The van der Waals surface area contributed by atoms with Gasteiger partial charge in [0.15, 0.2) is 0 Å².